The molecule has 0 saturated heterocycles. The van der Waals surface area contributed by atoms with Crippen molar-refractivity contribution < 1.29 is 14.4 Å². The van der Waals surface area contributed by atoms with Crippen LogP contribution in [0.4, 0.5) is 0 Å². The van der Waals surface area contributed by atoms with Gasteiger partial charge in [-0.25, -0.2) is 5.48 Å². The topological polar surface area (TPSA) is 67.4 Å². The van der Waals surface area contributed by atoms with E-state index >= 15 is 0 Å². The van der Waals surface area contributed by atoms with Crippen LogP contribution in [0.1, 0.15) is 48.5 Å². The first-order valence-electron chi connectivity index (χ1n) is 5.72. The van der Waals surface area contributed by atoms with E-state index in [2.05, 4.69) is 10.8 Å². The number of hydrogen-bond acceptors (Lipinski definition) is 3. The number of rotatable bonds is 3. The summed E-state index contributed by atoms with van der Waals surface area (Å²) >= 11 is 0. The van der Waals surface area contributed by atoms with Gasteiger partial charge in [0.25, 0.3) is 5.91 Å². The van der Waals surface area contributed by atoms with Crippen molar-refractivity contribution in [3.63, 3.8) is 0 Å². The highest BCUT2D eigenvalue weighted by atomic mass is 16.7. The van der Waals surface area contributed by atoms with Crippen LogP contribution in [0.2, 0.25) is 0 Å². The van der Waals surface area contributed by atoms with Crippen molar-refractivity contribution in [3.8, 4) is 0 Å². The van der Waals surface area contributed by atoms with E-state index < -0.39 is 17.1 Å². The second-order valence-corrected chi connectivity index (χ2v) is 6.13. The van der Waals surface area contributed by atoms with E-state index in [1.54, 1.807) is 27.7 Å². The number of hydrogen-bond donors (Lipinski definition) is 2. The van der Waals surface area contributed by atoms with Crippen molar-refractivity contribution in [1.82, 2.24) is 10.8 Å². The molecule has 0 aliphatic rings. The van der Waals surface area contributed by atoms with E-state index in [-0.39, 0.29) is 11.8 Å². The Bertz CT molecular complexity index is 287. The van der Waals surface area contributed by atoms with E-state index in [1.165, 1.54) is 0 Å². The Balaban J connectivity index is 4.20. The lowest BCUT2D eigenvalue weighted by Gasteiger charge is -2.23. The fourth-order valence-corrected chi connectivity index (χ4v) is 0.770. The molecule has 0 aromatic carbocycles. The number of amides is 2. The van der Waals surface area contributed by atoms with E-state index in [0.717, 1.165) is 0 Å². The van der Waals surface area contributed by atoms with Crippen LogP contribution in [0.3, 0.4) is 0 Å². The zero-order valence-corrected chi connectivity index (χ0v) is 11.8. The molecule has 0 aliphatic heterocycles. The van der Waals surface area contributed by atoms with E-state index in [4.69, 9.17) is 4.84 Å². The summed E-state index contributed by atoms with van der Waals surface area (Å²) in [5, 5.41) is 2.62. The summed E-state index contributed by atoms with van der Waals surface area (Å²) in [4.78, 5) is 28.4. The molecule has 0 aromatic heterocycles. The molecule has 5 nitrogen and oxygen atoms in total. The number of carbonyl (C=O) groups is 2. The van der Waals surface area contributed by atoms with Crippen molar-refractivity contribution in [2.24, 2.45) is 5.41 Å². The summed E-state index contributed by atoms with van der Waals surface area (Å²) in [5.74, 6) is -0.534. The first kappa shape index (κ1) is 15.9. The highest BCUT2D eigenvalue weighted by molar-refractivity contribution is 5.88. The third-order valence-corrected chi connectivity index (χ3v) is 1.88. The highest BCUT2D eigenvalue weighted by Crippen LogP contribution is 2.12. The first-order chi connectivity index (χ1) is 7.43. The normalized spacial score (nSPS) is 14.1. The molecule has 2 N–H and O–H groups in total. The van der Waals surface area contributed by atoms with E-state index in [1.807, 2.05) is 20.8 Å². The number of hydroxylamine groups is 1. The lowest BCUT2D eigenvalue weighted by atomic mass is 9.95. The molecule has 0 radical (unpaired) electrons. The van der Waals surface area contributed by atoms with Gasteiger partial charge < -0.3 is 5.32 Å². The zero-order chi connectivity index (χ0) is 13.9. The maximum atomic E-state index is 11.6. The molecule has 100 valence electrons. The Morgan fingerprint density at radius 3 is 1.88 bits per heavy atom. The Morgan fingerprint density at radius 1 is 1.06 bits per heavy atom. The SMILES string of the molecule is CC(NC(=O)C(C)(C)C)C(=O)NOC(C)(C)C. The van der Waals surface area contributed by atoms with Gasteiger partial charge in [-0.05, 0) is 27.7 Å². The maximum Gasteiger partial charge on any atom is 0.265 e. The Hall–Kier alpha value is -1.10. The van der Waals surface area contributed by atoms with Crippen molar-refractivity contribution in [3.05, 3.63) is 0 Å². The van der Waals surface area contributed by atoms with Crippen LogP contribution in [-0.2, 0) is 14.4 Å². The van der Waals surface area contributed by atoms with Gasteiger partial charge in [0, 0.05) is 5.41 Å². The average Bonchev–Trinajstić information content (AvgIpc) is 2.11. The van der Waals surface area contributed by atoms with Gasteiger partial charge in [-0.2, -0.15) is 0 Å². The molecule has 0 aliphatic carbocycles. The van der Waals surface area contributed by atoms with Gasteiger partial charge >= 0.3 is 0 Å². The van der Waals surface area contributed by atoms with Gasteiger partial charge in [-0.1, -0.05) is 20.8 Å². The molecule has 1 unspecified atom stereocenters. The highest BCUT2D eigenvalue weighted by Gasteiger charge is 2.25. The minimum atomic E-state index is -0.621. The van der Waals surface area contributed by atoms with Crippen LogP contribution >= 0.6 is 0 Å². The molecule has 0 rings (SSSR count). The van der Waals surface area contributed by atoms with E-state index in [0.29, 0.717) is 0 Å². The average molecular weight is 244 g/mol. The molecular formula is C12H24N2O3. The molecule has 0 heterocycles. The number of nitrogens with one attached hydrogen (secondary N) is 2. The minimum absolute atomic E-state index is 0.170. The molecule has 17 heavy (non-hydrogen) atoms. The smallest absolute Gasteiger partial charge is 0.265 e. The molecule has 1 atom stereocenters. The Kier molecular flexibility index (Phi) is 5.13. The lowest BCUT2D eigenvalue weighted by molar-refractivity contribution is -0.149. The standard InChI is InChI=1S/C12H24N2O3/c1-8(13-10(16)11(2,3)4)9(15)14-17-12(5,6)7/h8H,1-7H3,(H,13,16)(H,14,15). The minimum Gasteiger partial charge on any atom is -0.344 e. The summed E-state index contributed by atoms with van der Waals surface area (Å²) < 4.78 is 0. The first-order valence-corrected chi connectivity index (χ1v) is 5.72. The Morgan fingerprint density at radius 2 is 1.53 bits per heavy atom. The monoisotopic (exact) mass is 244 g/mol. The molecule has 5 heteroatoms. The molecular weight excluding hydrogens is 220 g/mol. The quantitative estimate of drug-likeness (QED) is 0.737. The third-order valence-electron chi connectivity index (χ3n) is 1.88. The molecule has 2 amide bonds. The van der Waals surface area contributed by atoms with Crippen molar-refractivity contribution in [2.45, 2.75) is 60.1 Å². The van der Waals surface area contributed by atoms with Crippen LogP contribution in [0.15, 0.2) is 0 Å². The fraction of sp³-hybridized carbons (Fsp3) is 0.833. The zero-order valence-electron chi connectivity index (χ0n) is 11.8. The Labute approximate surface area is 103 Å². The fourth-order valence-electron chi connectivity index (χ4n) is 0.770. The summed E-state index contributed by atoms with van der Waals surface area (Å²) in [6, 6.07) is -0.621. The summed E-state index contributed by atoms with van der Waals surface area (Å²) in [6.45, 7) is 12.5. The molecule has 0 saturated carbocycles. The van der Waals surface area contributed by atoms with Gasteiger partial charge in [0.2, 0.25) is 5.91 Å². The largest absolute Gasteiger partial charge is 0.344 e. The summed E-state index contributed by atoms with van der Waals surface area (Å²) in [6.07, 6.45) is 0. The molecule has 0 bridgehead atoms. The van der Waals surface area contributed by atoms with Crippen molar-refractivity contribution in [2.75, 3.05) is 0 Å². The lowest BCUT2D eigenvalue weighted by Crippen LogP contribution is -2.49. The predicted molar refractivity (Wildman–Crippen MR) is 66.0 cm³/mol. The van der Waals surface area contributed by atoms with Crippen molar-refractivity contribution in [1.29, 1.82) is 0 Å². The summed E-state index contributed by atoms with van der Waals surface area (Å²) in [7, 11) is 0. The van der Waals surface area contributed by atoms with Crippen LogP contribution < -0.4 is 10.8 Å². The molecule has 0 aromatic rings. The second-order valence-electron chi connectivity index (χ2n) is 6.13. The van der Waals surface area contributed by atoms with Crippen LogP contribution in [-0.4, -0.2) is 23.5 Å². The van der Waals surface area contributed by atoms with Crippen molar-refractivity contribution >= 4 is 11.8 Å². The summed E-state index contributed by atoms with van der Waals surface area (Å²) in [5.41, 5.74) is 1.36. The van der Waals surface area contributed by atoms with Gasteiger partial charge in [0.05, 0.1) is 5.60 Å². The van der Waals surface area contributed by atoms with Gasteiger partial charge in [0.1, 0.15) is 6.04 Å². The van der Waals surface area contributed by atoms with E-state index in [9.17, 15) is 9.59 Å². The van der Waals surface area contributed by atoms with Crippen LogP contribution in [0.25, 0.3) is 0 Å². The third kappa shape index (κ3) is 6.94. The number of carbonyl (C=O) groups excluding carboxylic acids is 2. The maximum absolute atomic E-state index is 11.6. The molecule has 0 fully saturated rings. The predicted octanol–water partition coefficient (Wildman–Crippen LogP) is 1.38. The van der Waals surface area contributed by atoms with Crippen LogP contribution in [0.5, 0.6) is 0 Å². The molecule has 0 spiro atoms. The van der Waals surface area contributed by atoms with Gasteiger partial charge in [-0.3, -0.25) is 14.4 Å². The second kappa shape index (κ2) is 5.49. The van der Waals surface area contributed by atoms with Gasteiger partial charge in [-0.15, -0.1) is 0 Å². The van der Waals surface area contributed by atoms with Gasteiger partial charge in [0.15, 0.2) is 0 Å². The van der Waals surface area contributed by atoms with Crippen LogP contribution in [0, 0.1) is 5.41 Å².